The number of H-pyrrole nitrogens is 1. The number of ether oxygens (including phenoxy) is 1. The summed E-state index contributed by atoms with van der Waals surface area (Å²) in [6.45, 7) is 1.60. The standard InChI is InChI=1S/C18H20ClF3N2O3S/c1-10-17(28(2,25)26)24-16(23-10)15(11-3-4-13(20)12(19)7-11)27-9-18(5-6-18)8-14(21)22/h3-4,7,14-15H,5-6,8-9H2,1-2H3,(H,23,24). The predicted molar refractivity (Wildman–Crippen MR) is 97.9 cm³/mol. The van der Waals surface area contributed by atoms with Gasteiger partial charge in [0.25, 0.3) is 0 Å². The Balaban J connectivity index is 1.94. The summed E-state index contributed by atoms with van der Waals surface area (Å²) in [5.41, 5.74) is 0.165. The Morgan fingerprint density at radius 2 is 2.04 bits per heavy atom. The lowest BCUT2D eigenvalue weighted by molar-refractivity contribution is 0.0141. The molecule has 0 amide bonds. The van der Waals surface area contributed by atoms with Gasteiger partial charge >= 0.3 is 0 Å². The van der Waals surface area contributed by atoms with Crippen LogP contribution in [0.3, 0.4) is 0 Å². The molecule has 1 aliphatic rings. The lowest BCUT2D eigenvalue weighted by Crippen LogP contribution is -2.18. The zero-order chi connectivity index (χ0) is 20.7. The summed E-state index contributed by atoms with van der Waals surface area (Å²) in [7, 11) is -3.57. The molecule has 1 fully saturated rings. The average Bonchev–Trinajstić information content (AvgIpc) is 3.20. The highest BCUT2D eigenvalue weighted by molar-refractivity contribution is 7.90. The topological polar surface area (TPSA) is 72.0 Å². The molecule has 1 saturated carbocycles. The summed E-state index contributed by atoms with van der Waals surface area (Å²) < 4.78 is 68.9. The third-order valence-corrected chi connectivity index (χ3v) is 6.19. The molecule has 154 valence electrons. The Morgan fingerprint density at radius 3 is 2.54 bits per heavy atom. The molecule has 1 aromatic carbocycles. The van der Waals surface area contributed by atoms with Gasteiger partial charge in [-0.2, -0.15) is 0 Å². The van der Waals surface area contributed by atoms with Crippen LogP contribution in [0.2, 0.25) is 5.02 Å². The molecule has 1 heterocycles. The lowest BCUT2D eigenvalue weighted by Gasteiger charge is -2.21. The number of imidazole rings is 1. The zero-order valence-electron chi connectivity index (χ0n) is 15.3. The van der Waals surface area contributed by atoms with E-state index in [4.69, 9.17) is 16.3 Å². The molecule has 5 nitrogen and oxygen atoms in total. The highest BCUT2D eigenvalue weighted by Gasteiger charge is 2.45. The van der Waals surface area contributed by atoms with Crippen molar-refractivity contribution in [1.29, 1.82) is 0 Å². The molecule has 10 heteroatoms. The minimum atomic E-state index is -3.57. The Morgan fingerprint density at radius 1 is 1.36 bits per heavy atom. The van der Waals surface area contributed by atoms with E-state index in [1.54, 1.807) is 6.92 Å². The van der Waals surface area contributed by atoms with E-state index in [9.17, 15) is 21.6 Å². The molecule has 1 aromatic heterocycles. The number of alkyl halides is 2. The van der Waals surface area contributed by atoms with E-state index < -0.39 is 33.6 Å². The fourth-order valence-corrected chi connectivity index (χ4v) is 4.19. The molecule has 1 unspecified atom stereocenters. The fraction of sp³-hybridized carbons (Fsp3) is 0.500. The maximum Gasteiger partial charge on any atom is 0.239 e. The first-order valence-corrected chi connectivity index (χ1v) is 10.9. The molecular weight excluding hydrogens is 417 g/mol. The second kappa shape index (κ2) is 7.68. The first-order chi connectivity index (χ1) is 13.0. The number of sulfone groups is 1. The van der Waals surface area contributed by atoms with Crippen molar-refractivity contribution >= 4 is 21.4 Å². The van der Waals surface area contributed by atoms with Gasteiger partial charge in [-0.3, -0.25) is 0 Å². The van der Waals surface area contributed by atoms with Gasteiger partial charge in [0.2, 0.25) is 6.43 Å². The highest BCUT2D eigenvalue weighted by Crippen LogP contribution is 2.51. The quantitative estimate of drug-likeness (QED) is 0.663. The number of aryl methyl sites for hydroxylation is 1. The van der Waals surface area contributed by atoms with Gasteiger partial charge in [-0.25, -0.2) is 26.6 Å². The summed E-state index contributed by atoms with van der Waals surface area (Å²) >= 11 is 5.87. The number of nitrogens with zero attached hydrogens (tertiary/aromatic N) is 1. The van der Waals surface area contributed by atoms with E-state index in [1.807, 2.05) is 0 Å². The normalized spacial score (nSPS) is 17.1. The molecule has 1 N–H and O–H groups in total. The summed E-state index contributed by atoms with van der Waals surface area (Å²) in [5, 5.41) is -0.260. The molecule has 0 saturated heterocycles. The summed E-state index contributed by atoms with van der Waals surface area (Å²) in [6.07, 6.45) is -1.32. The van der Waals surface area contributed by atoms with E-state index in [-0.39, 0.29) is 28.9 Å². The van der Waals surface area contributed by atoms with E-state index in [2.05, 4.69) is 9.97 Å². The van der Waals surface area contributed by atoms with Crippen LogP contribution >= 0.6 is 11.6 Å². The van der Waals surface area contributed by atoms with Crippen LogP contribution in [-0.2, 0) is 14.6 Å². The largest absolute Gasteiger partial charge is 0.365 e. The number of rotatable bonds is 8. The Bertz CT molecular complexity index is 974. The minimum Gasteiger partial charge on any atom is -0.365 e. The third kappa shape index (κ3) is 4.69. The third-order valence-electron chi connectivity index (χ3n) is 4.80. The van der Waals surface area contributed by atoms with Crippen molar-refractivity contribution in [3.63, 3.8) is 0 Å². The van der Waals surface area contributed by atoms with Gasteiger partial charge in [0, 0.05) is 12.7 Å². The van der Waals surface area contributed by atoms with Crippen LogP contribution in [0.15, 0.2) is 23.2 Å². The Kier molecular flexibility index (Phi) is 5.80. The van der Waals surface area contributed by atoms with Crippen molar-refractivity contribution in [3.8, 4) is 0 Å². The number of aromatic nitrogens is 2. The Labute approximate surface area is 166 Å². The monoisotopic (exact) mass is 436 g/mol. The van der Waals surface area contributed by atoms with Crippen LogP contribution in [0.25, 0.3) is 0 Å². The number of nitrogens with one attached hydrogen (secondary N) is 1. The molecule has 0 spiro atoms. The number of aromatic amines is 1. The summed E-state index contributed by atoms with van der Waals surface area (Å²) in [6, 6.07) is 3.95. The van der Waals surface area contributed by atoms with Gasteiger partial charge in [-0.05, 0) is 42.9 Å². The maximum atomic E-state index is 13.6. The molecule has 28 heavy (non-hydrogen) atoms. The van der Waals surface area contributed by atoms with Crippen molar-refractivity contribution in [2.75, 3.05) is 12.9 Å². The molecule has 0 bridgehead atoms. The van der Waals surface area contributed by atoms with Gasteiger partial charge in [0.1, 0.15) is 17.7 Å². The van der Waals surface area contributed by atoms with Gasteiger partial charge in [0.05, 0.1) is 17.3 Å². The predicted octanol–water partition coefficient (Wildman–Crippen LogP) is 4.46. The SMILES string of the molecule is Cc1[nH]c(C(OCC2(CC(F)F)CC2)c2ccc(F)c(Cl)c2)nc1S(C)(=O)=O. The van der Waals surface area contributed by atoms with Gasteiger partial charge < -0.3 is 9.72 Å². The van der Waals surface area contributed by atoms with E-state index >= 15 is 0 Å². The first kappa shape index (κ1) is 21.1. The highest BCUT2D eigenvalue weighted by atomic mass is 35.5. The summed E-state index contributed by atoms with van der Waals surface area (Å²) in [4.78, 5) is 7.02. The second-order valence-electron chi connectivity index (χ2n) is 7.28. The number of halogens is 4. The number of hydrogen-bond acceptors (Lipinski definition) is 4. The number of benzene rings is 1. The first-order valence-electron chi connectivity index (χ1n) is 8.62. The van der Waals surface area contributed by atoms with E-state index in [0.717, 1.165) is 12.3 Å². The summed E-state index contributed by atoms with van der Waals surface area (Å²) in [5.74, 6) is -0.429. The lowest BCUT2D eigenvalue weighted by atomic mass is 10.0. The van der Waals surface area contributed by atoms with Gasteiger partial charge in [-0.1, -0.05) is 17.7 Å². The smallest absolute Gasteiger partial charge is 0.239 e. The molecule has 3 rings (SSSR count). The molecule has 0 radical (unpaired) electrons. The fourth-order valence-electron chi connectivity index (χ4n) is 3.13. The van der Waals surface area contributed by atoms with Crippen molar-refractivity contribution in [2.45, 2.75) is 43.7 Å². The van der Waals surface area contributed by atoms with Crippen molar-refractivity contribution in [3.05, 3.63) is 46.1 Å². The van der Waals surface area contributed by atoms with E-state index in [1.165, 1.54) is 12.1 Å². The van der Waals surface area contributed by atoms with Crippen molar-refractivity contribution in [2.24, 2.45) is 5.41 Å². The molecule has 1 aliphatic carbocycles. The van der Waals surface area contributed by atoms with Crippen LogP contribution in [0.1, 0.15) is 42.4 Å². The zero-order valence-corrected chi connectivity index (χ0v) is 16.9. The average molecular weight is 437 g/mol. The van der Waals surface area contributed by atoms with Crippen LogP contribution < -0.4 is 0 Å². The molecule has 0 aliphatic heterocycles. The van der Waals surface area contributed by atoms with Gasteiger partial charge in [-0.15, -0.1) is 0 Å². The van der Waals surface area contributed by atoms with Crippen LogP contribution in [0, 0.1) is 18.2 Å². The Hall–Kier alpha value is -1.58. The molecule has 1 atom stereocenters. The van der Waals surface area contributed by atoms with Crippen LogP contribution in [0.5, 0.6) is 0 Å². The van der Waals surface area contributed by atoms with Crippen LogP contribution in [0.4, 0.5) is 13.2 Å². The van der Waals surface area contributed by atoms with Gasteiger partial charge in [0.15, 0.2) is 14.9 Å². The number of hydrogen-bond donors (Lipinski definition) is 1. The maximum absolute atomic E-state index is 13.6. The van der Waals surface area contributed by atoms with Crippen LogP contribution in [-0.4, -0.2) is 37.7 Å². The molecule has 2 aromatic rings. The molecular formula is C18H20ClF3N2O3S. The second-order valence-corrected chi connectivity index (χ2v) is 9.62. The van der Waals surface area contributed by atoms with Crippen molar-refractivity contribution < 1.29 is 26.3 Å². The minimum absolute atomic E-state index is 0.0466. The van der Waals surface area contributed by atoms with Crippen molar-refractivity contribution in [1.82, 2.24) is 9.97 Å². The van der Waals surface area contributed by atoms with E-state index in [0.29, 0.717) is 24.1 Å².